The zero-order valence-electron chi connectivity index (χ0n) is 10.7. The van der Waals surface area contributed by atoms with Gasteiger partial charge in [0.25, 0.3) is 5.91 Å². The summed E-state index contributed by atoms with van der Waals surface area (Å²) in [4.78, 5) is 12.1. The van der Waals surface area contributed by atoms with Gasteiger partial charge in [0.2, 0.25) is 0 Å². The first kappa shape index (κ1) is 12.8. The van der Waals surface area contributed by atoms with Gasteiger partial charge in [-0.15, -0.1) is 0 Å². The Labute approximate surface area is 110 Å². The normalized spacial score (nSPS) is 9.95. The molecular formula is C14H13N3O2. The van der Waals surface area contributed by atoms with Gasteiger partial charge in [0.05, 0.1) is 18.2 Å². The third kappa shape index (κ3) is 2.80. The molecule has 0 aliphatic heterocycles. The Morgan fingerprint density at radius 3 is 2.58 bits per heavy atom. The Balaban J connectivity index is 2.13. The van der Waals surface area contributed by atoms with Crippen molar-refractivity contribution >= 4 is 11.6 Å². The lowest BCUT2D eigenvalue weighted by Gasteiger charge is -2.05. The maximum Gasteiger partial charge on any atom is 0.261 e. The van der Waals surface area contributed by atoms with Crippen molar-refractivity contribution in [3.63, 3.8) is 0 Å². The number of benzene rings is 1. The molecule has 0 aliphatic rings. The van der Waals surface area contributed by atoms with Crippen molar-refractivity contribution < 1.29 is 9.32 Å². The fraction of sp³-hybridized carbons (Fsp3) is 0.214. The third-order valence-corrected chi connectivity index (χ3v) is 2.76. The van der Waals surface area contributed by atoms with Crippen molar-refractivity contribution in [1.29, 1.82) is 5.26 Å². The van der Waals surface area contributed by atoms with Crippen LogP contribution in [-0.4, -0.2) is 11.1 Å². The van der Waals surface area contributed by atoms with Gasteiger partial charge in [-0.05, 0) is 31.5 Å². The number of hydrogen-bond donors (Lipinski definition) is 1. The van der Waals surface area contributed by atoms with Crippen molar-refractivity contribution in [3.8, 4) is 6.07 Å². The topological polar surface area (TPSA) is 78.9 Å². The molecule has 0 spiro atoms. The highest BCUT2D eigenvalue weighted by molar-refractivity contribution is 6.05. The first-order valence-electron chi connectivity index (χ1n) is 5.82. The summed E-state index contributed by atoms with van der Waals surface area (Å²) in [6.07, 6.45) is 0.359. The molecule has 2 aromatic rings. The first-order valence-corrected chi connectivity index (χ1v) is 5.82. The fourth-order valence-corrected chi connectivity index (χ4v) is 1.80. The van der Waals surface area contributed by atoms with E-state index >= 15 is 0 Å². The predicted molar refractivity (Wildman–Crippen MR) is 69.7 cm³/mol. The summed E-state index contributed by atoms with van der Waals surface area (Å²) < 4.78 is 4.96. The van der Waals surface area contributed by atoms with Crippen molar-refractivity contribution in [1.82, 2.24) is 5.16 Å². The van der Waals surface area contributed by atoms with Crippen molar-refractivity contribution in [2.24, 2.45) is 0 Å². The summed E-state index contributed by atoms with van der Waals surface area (Å²) in [5.74, 6) is 0.250. The van der Waals surface area contributed by atoms with E-state index in [1.165, 1.54) is 0 Å². The molecule has 0 bridgehead atoms. The molecule has 0 radical (unpaired) electrons. The molecule has 1 aromatic heterocycles. The quantitative estimate of drug-likeness (QED) is 0.914. The third-order valence-electron chi connectivity index (χ3n) is 2.76. The molecule has 5 heteroatoms. The van der Waals surface area contributed by atoms with Gasteiger partial charge < -0.3 is 9.84 Å². The molecule has 0 atom stereocenters. The average Bonchev–Trinajstić information content (AvgIpc) is 2.72. The molecule has 1 aromatic carbocycles. The van der Waals surface area contributed by atoms with Crippen LogP contribution in [-0.2, 0) is 6.42 Å². The lowest BCUT2D eigenvalue weighted by molar-refractivity contribution is 0.102. The maximum atomic E-state index is 12.1. The molecule has 1 N–H and O–H groups in total. The van der Waals surface area contributed by atoms with Gasteiger partial charge in [0, 0.05) is 5.69 Å². The fourth-order valence-electron chi connectivity index (χ4n) is 1.80. The number of aryl methyl sites for hydroxylation is 2. The second kappa shape index (κ2) is 5.36. The van der Waals surface area contributed by atoms with Crippen molar-refractivity contribution in [2.45, 2.75) is 20.3 Å². The molecule has 0 saturated heterocycles. The lowest BCUT2D eigenvalue weighted by atomic mass is 10.1. The number of nitrogens with one attached hydrogen (secondary N) is 1. The van der Waals surface area contributed by atoms with Gasteiger partial charge in [-0.25, -0.2) is 0 Å². The zero-order valence-corrected chi connectivity index (χ0v) is 10.7. The highest BCUT2D eigenvalue weighted by atomic mass is 16.5. The minimum atomic E-state index is -0.246. The van der Waals surface area contributed by atoms with Crippen LogP contribution in [0.5, 0.6) is 0 Å². The minimum absolute atomic E-state index is 0.246. The Morgan fingerprint density at radius 2 is 2.05 bits per heavy atom. The van der Waals surface area contributed by atoms with Gasteiger partial charge in [-0.2, -0.15) is 5.26 Å². The van der Waals surface area contributed by atoms with E-state index in [9.17, 15) is 4.79 Å². The highest BCUT2D eigenvalue weighted by Gasteiger charge is 2.17. The van der Waals surface area contributed by atoms with E-state index in [1.54, 1.807) is 26.0 Å². The lowest BCUT2D eigenvalue weighted by Crippen LogP contribution is -2.13. The molecule has 96 valence electrons. The molecule has 0 unspecified atom stereocenters. The molecule has 1 heterocycles. The number of carbonyl (C=O) groups is 1. The van der Waals surface area contributed by atoms with Crippen LogP contribution >= 0.6 is 0 Å². The van der Waals surface area contributed by atoms with Crippen molar-refractivity contribution in [3.05, 3.63) is 46.8 Å². The molecule has 2 rings (SSSR count). The SMILES string of the molecule is Cc1noc(C)c1C(=O)Nc1ccc(CC#N)cc1. The summed E-state index contributed by atoms with van der Waals surface area (Å²) in [5, 5.41) is 15.1. The number of nitrogens with zero attached hydrogens (tertiary/aromatic N) is 2. The van der Waals surface area contributed by atoms with Crippen LogP contribution in [0.1, 0.15) is 27.4 Å². The van der Waals surface area contributed by atoms with Crippen LogP contribution in [0.4, 0.5) is 5.69 Å². The zero-order chi connectivity index (χ0) is 13.8. The molecule has 1 amide bonds. The molecule has 0 aliphatic carbocycles. The number of amides is 1. The van der Waals surface area contributed by atoms with E-state index in [4.69, 9.17) is 9.78 Å². The monoisotopic (exact) mass is 255 g/mol. The number of aromatic nitrogens is 1. The summed E-state index contributed by atoms with van der Waals surface area (Å²) >= 11 is 0. The maximum absolute atomic E-state index is 12.1. The van der Waals surface area contributed by atoms with Crippen LogP contribution in [0.2, 0.25) is 0 Å². The average molecular weight is 255 g/mol. The van der Waals surface area contributed by atoms with Crippen LogP contribution in [0.15, 0.2) is 28.8 Å². The van der Waals surface area contributed by atoms with Crippen LogP contribution < -0.4 is 5.32 Å². The Kier molecular flexibility index (Phi) is 3.62. The Hall–Kier alpha value is -2.61. The van der Waals surface area contributed by atoms with E-state index in [1.807, 2.05) is 12.1 Å². The Morgan fingerprint density at radius 1 is 1.37 bits per heavy atom. The van der Waals surface area contributed by atoms with E-state index in [2.05, 4.69) is 16.5 Å². The molecule has 0 saturated carbocycles. The predicted octanol–water partition coefficient (Wildman–Crippen LogP) is 2.61. The minimum Gasteiger partial charge on any atom is -0.361 e. The first-order chi connectivity index (χ1) is 9.11. The van der Waals surface area contributed by atoms with E-state index in [0.29, 0.717) is 29.1 Å². The molecular weight excluding hydrogens is 242 g/mol. The van der Waals surface area contributed by atoms with Crippen LogP contribution in [0.25, 0.3) is 0 Å². The van der Waals surface area contributed by atoms with Gasteiger partial charge in [-0.3, -0.25) is 4.79 Å². The van der Waals surface area contributed by atoms with Crippen LogP contribution in [0, 0.1) is 25.2 Å². The van der Waals surface area contributed by atoms with E-state index in [0.717, 1.165) is 5.56 Å². The second-order valence-electron chi connectivity index (χ2n) is 4.19. The van der Waals surface area contributed by atoms with Gasteiger partial charge in [0.15, 0.2) is 0 Å². The van der Waals surface area contributed by atoms with Gasteiger partial charge in [0.1, 0.15) is 11.3 Å². The number of carbonyl (C=O) groups excluding carboxylic acids is 1. The smallest absolute Gasteiger partial charge is 0.261 e. The number of rotatable bonds is 3. The summed E-state index contributed by atoms with van der Waals surface area (Å²) in [6.45, 7) is 3.42. The van der Waals surface area contributed by atoms with Crippen molar-refractivity contribution in [2.75, 3.05) is 5.32 Å². The van der Waals surface area contributed by atoms with E-state index in [-0.39, 0.29) is 5.91 Å². The summed E-state index contributed by atoms with van der Waals surface area (Å²) in [5.41, 5.74) is 2.61. The summed E-state index contributed by atoms with van der Waals surface area (Å²) in [7, 11) is 0. The molecule has 19 heavy (non-hydrogen) atoms. The number of anilines is 1. The number of hydrogen-bond acceptors (Lipinski definition) is 4. The molecule has 0 fully saturated rings. The number of nitriles is 1. The standard InChI is InChI=1S/C14H13N3O2/c1-9-13(10(2)19-17-9)14(18)16-12-5-3-11(4-6-12)7-8-15/h3-6H,7H2,1-2H3,(H,16,18). The van der Waals surface area contributed by atoms with E-state index < -0.39 is 0 Å². The molecule has 5 nitrogen and oxygen atoms in total. The van der Waals surface area contributed by atoms with Gasteiger partial charge >= 0.3 is 0 Å². The highest BCUT2D eigenvalue weighted by Crippen LogP contribution is 2.16. The van der Waals surface area contributed by atoms with Crippen LogP contribution in [0.3, 0.4) is 0 Å². The Bertz CT molecular complexity index is 616. The van der Waals surface area contributed by atoms with Gasteiger partial charge in [-0.1, -0.05) is 17.3 Å². The second-order valence-corrected chi connectivity index (χ2v) is 4.19. The summed E-state index contributed by atoms with van der Waals surface area (Å²) in [6, 6.07) is 9.23. The largest absolute Gasteiger partial charge is 0.361 e.